The summed E-state index contributed by atoms with van der Waals surface area (Å²) >= 11 is 12.2. The summed E-state index contributed by atoms with van der Waals surface area (Å²) in [5.41, 5.74) is 1.25. The van der Waals surface area contributed by atoms with Gasteiger partial charge in [-0.2, -0.15) is 0 Å². The van der Waals surface area contributed by atoms with Crippen molar-refractivity contribution in [2.24, 2.45) is 0 Å². The van der Waals surface area contributed by atoms with Gasteiger partial charge in [-0.25, -0.2) is 0 Å². The highest BCUT2D eigenvalue weighted by atomic mass is 35.5. The van der Waals surface area contributed by atoms with Crippen LogP contribution in [-0.2, 0) is 11.2 Å². The van der Waals surface area contributed by atoms with Gasteiger partial charge in [0, 0.05) is 24.6 Å². The average molecular weight is 472 g/mol. The molecule has 0 saturated carbocycles. The van der Waals surface area contributed by atoms with Gasteiger partial charge in [0.1, 0.15) is 5.75 Å². The molecular formula is C23H27Cl2N3O3. The van der Waals surface area contributed by atoms with Crippen LogP contribution in [0.4, 0.5) is 11.4 Å². The Hall–Kier alpha value is -1.99. The number of ether oxygens (including phenoxy) is 1. The number of rotatable bonds is 7. The van der Waals surface area contributed by atoms with Gasteiger partial charge in [0.25, 0.3) is 0 Å². The van der Waals surface area contributed by atoms with Crippen LogP contribution in [0.3, 0.4) is 0 Å². The highest BCUT2D eigenvalue weighted by Crippen LogP contribution is 2.33. The molecule has 1 fully saturated rings. The number of fused-ring (bicyclic) bond motifs is 1. The van der Waals surface area contributed by atoms with Crippen LogP contribution in [0.1, 0.15) is 35.8 Å². The predicted octanol–water partition coefficient (Wildman–Crippen LogP) is 4.87. The number of halogens is 2. The second-order valence-corrected chi connectivity index (χ2v) is 8.03. The van der Waals surface area contributed by atoms with Crippen LogP contribution in [0.2, 0.25) is 10.0 Å². The summed E-state index contributed by atoms with van der Waals surface area (Å²) in [5, 5.41) is 16.3. The molecule has 8 heteroatoms. The van der Waals surface area contributed by atoms with Crippen molar-refractivity contribution in [1.82, 2.24) is 0 Å². The van der Waals surface area contributed by atoms with Gasteiger partial charge < -0.3 is 24.8 Å². The molecule has 6 nitrogen and oxygen atoms in total. The van der Waals surface area contributed by atoms with E-state index in [0.29, 0.717) is 24.3 Å². The maximum absolute atomic E-state index is 14.0. The van der Waals surface area contributed by atoms with E-state index >= 15 is 0 Å². The first kappa shape index (κ1) is 14.2. The van der Waals surface area contributed by atoms with Gasteiger partial charge in [-0.05, 0) is 36.6 Å². The molecule has 2 heterocycles. The first-order valence-electron chi connectivity index (χ1n) is 13.9. The second kappa shape index (κ2) is 9.65. The molecule has 1 saturated heterocycles. The summed E-state index contributed by atoms with van der Waals surface area (Å²) in [7, 11) is 0. The number of anilines is 2. The third-order valence-electron chi connectivity index (χ3n) is 4.97. The minimum absolute atomic E-state index is 0.0722. The number of unbranched alkanes of at least 4 members (excludes halogenated alkanes) is 1. The molecule has 0 unspecified atom stereocenters. The maximum atomic E-state index is 14.0. The number of hydrogen-bond donors (Lipinski definition) is 1. The molecule has 0 aromatic heterocycles. The van der Waals surface area contributed by atoms with E-state index in [-0.39, 0.29) is 46.0 Å². The first-order chi connectivity index (χ1) is 18.0. The van der Waals surface area contributed by atoms with Crippen molar-refractivity contribution < 1.29 is 25.1 Å². The van der Waals surface area contributed by atoms with Crippen molar-refractivity contribution in [2.45, 2.75) is 25.7 Å². The number of piperazine rings is 1. The smallest absolute Gasteiger partial charge is 0.224 e. The highest BCUT2D eigenvalue weighted by molar-refractivity contribution is 6.43. The highest BCUT2D eigenvalue weighted by Gasteiger charge is 2.26. The van der Waals surface area contributed by atoms with E-state index in [2.05, 4.69) is 5.32 Å². The fourth-order valence-corrected chi connectivity index (χ4v) is 3.66. The van der Waals surface area contributed by atoms with Crippen LogP contribution in [0.25, 0.3) is 0 Å². The number of hydrogen-bond acceptors (Lipinski definition) is 4. The van der Waals surface area contributed by atoms with Gasteiger partial charge in [-0.3, -0.25) is 4.79 Å². The van der Waals surface area contributed by atoms with E-state index in [0.717, 1.165) is 5.56 Å². The van der Waals surface area contributed by atoms with Crippen molar-refractivity contribution >= 4 is 40.5 Å². The van der Waals surface area contributed by atoms with Crippen molar-refractivity contribution in [2.75, 3.05) is 49.4 Å². The maximum Gasteiger partial charge on any atom is 0.224 e. The van der Waals surface area contributed by atoms with E-state index < -0.39 is 37.2 Å². The number of hydroxylamine groups is 3. The fraction of sp³-hybridized carbons (Fsp3) is 0.435. The lowest BCUT2D eigenvalue weighted by atomic mass is 10.0. The monoisotopic (exact) mass is 471 g/mol. The Morgan fingerprint density at radius 2 is 1.97 bits per heavy atom. The van der Waals surface area contributed by atoms with E-state index in [1.807, 2.05) is 6.07 Å². The molecule has 4 rings (SSSR count). The Morgan fingerprint density at radius 3 is 2.77 bits per heavy atom. The summed E-state index contributed by atoms with van der Waals surface area (Å²) in [6.07, 6.45) is 1.11. The molecule has 2 aromatic rings. The molecule has 0 spiro atoms. The first-order valence-corrected chi connectivity index (χ1v) is 10.6. The molecule has 0 aliphatic carbocycles. The molecule has 31 heavy (non-hydrogen) atoms. The van der Waals surface area contributed by atoms with Gasteiger partial charge in [0.2, 0.25) is 5.91 Å². The largest absolute Gasteiger partial charge is 0.633 e. The number of nitrogens with zero attached hydrogens (tertiary/aromatic N) is 2. The molecule has 166 valence electrons. The number of aryl methyl sites for hydroxylation is 1. The SMILES string of the molecule is [2H]C1([2H])N(c2cccc(Cl)c2Cl)C([2H])([2H])C([2H])([2H])[N+]([O-])(CCCCOc2ccc3c(c2)NC(=O)CC3)C1([2H])[2H]. The number of nitrogens with one attached hydrogen (secondary N) is 1. The van der Waals surface area contributed by atoms with Crippen LogP contribution in [0.5, 0.6) is 5.75 Å². The zero-order chi connectivity index (χ0) is 29.0. The summed E-state index contributed by atoms with van der Waals surface area (Å²) < 4.78 is 71.4. The topological polar surface area (TPSA) is 64.6 Å². The van der Waals surface area contributed by atoms with Crippen LogP contribution in [0.15, 0.2) is 36.4 Å². The van der Waals surface area contributed by atoms with Crippen LogP contribution in [-0.4, -0.2) is 49.7 Å². The molecule has 0 radical (unpaired) electrons. The van der Waals surface area contributed by atoms with E-state index in [1.165, 1.54) is 18.2 Å². The summed E-state index contributed by atoms with van der Waals surface area (Å²) in [6.45, 7) is -14.3. The zero-order valence-corrected chi connectivity index (χ0v) is 18.1. The minimum Gasteiger partial charge on any atom is -0.633 e. The van der Waals surface area contributed by atoms with Crippen molar-refractivity contribution in [3.8, 4) is 5.75 Å². The number of benzene rings is 2. The molecule has 2 aliphatic heterocycles. The number of quaternary nitrogens is 1. The molecular weight excluding hydrogens is 437 g/mol. The summed E-state index contributed by atoms with van der Waals surface area (Å²) in [5.74, 6) is 0.373. The van der Waals surface area contributed by atoms with Crippen LogP contribution < -0.4 is 15.0 Å². The van der Waals surface area contributed by atoms with E-state index in [9.17, 15) is 10.0 Å². The lowest BCUT2D eigenvalue weighted by molar-refractivity contribution is -0.881. The van der Waals surface area contributed by atoms with E-state index in [1.54, 1.807) is 12.1 Å². The third-order valence-corrected chi connectivity index (χ3v) is 5.78. The van der Waals surface area contributed by atoms with Gasteiger partial charge in [0.05, 0.1) is 65.8 Å². The van der Waals surface area contributed by atoms with Crippen molar-refractivity contribution in [3.63, 3.8) is 0 Å². The van der Waals surface area contributed by atoms with E-state index in [4.69, 9.17) is 38.9 Å². The second-order valence-electron chi connectivity index (χ2n) is 7.24. The quantitative estimate of drug-likeness (QED) is 0.355. The Labute approximate surface area is 204 Å². The Morgan fingerprint density at radius 1 is 1.16 bits per heavy atom. The lowest BCUT2D eigenvalue weighted by Crippen LogP contribution is -2.56. The normalized spacial score (nSPS) is 28.1. The molecule has 2 aromatic carbocycles. The predicted molar refractivity (Wildman–Crippen MR) is 125 cm³/mol. The summed E-state index contributed by atoms with van der Waals surface area (Å²) in [4.78, 5) is 11.9. The van der Waals surface area contributed by atoms with Crippen LogP contribution in [0, 0.1) is 5.21 Å². The average Bonchev–Trinajstić information content (AvgIpc) is 2.84. The van der Waals surface area contributed by atoms with Gasteiger partial charge in [0.15, 0.2) is 0 Å². The van der Waals surface area contributed by atoms with Gasteiger partial charge in [-0.1, -0.05) is 35.3 Å². The third kappa shape index (κ3) is 5.44. The number of carbonyl (C=O) groups excluding carboxylic acids is 1. The number of amides is 1. The Balaban J connectivity index is 1.52. The summed E-state index contributed by atoms with van der Waals surface area (Å²) in [6, 6.07) is 9.13. The van der Waals surface area contributed by atoms with Gasteiger partial charge in [-0.15, -0.1) is 0 Å². The van der Waals surface area contributed by atoms with Gasteiger partial charge >= 0.3 is 0 Å². The molecule has 0 bridgehead atoms. The lowest BCUT2D eigenvalue weighted by Gasteiger charge is -2.49. The molecule has 1 amide bonds. The van der Waals surface area contributed by atoms with Crippen molar-refractivity contribution in [1.29, 1.82) is 0 Å². The molecule has 2 aliphatic rings. The minimum atomic E-state index is -3.47. The molecule has 1 N–H and O–H groups in total. The fourth-order valence-electron chi connectivity index (χ4n) is 3.28. The molecule has 0 atom stereocenters. The zero-order valence-electron chi connectivity index (χ0n) is 24.6. The standard InChI is InChI=1S/C23H27Cl2N3O3/c24-19-4-3-5-21(23(19)25)27-10-13-28(30,14-11-27)12-1-2-15-31-18-8-6-17-7-9-22(29)26-20(17)16-18/h3-6,8,16H,1-2,7,9-15H2,(H,26,29)/i10D2,11D2,13D2,14D2. The Bertz CT molecular complexity index is 1250. The Kier molecular flexibility index (Phi) is 4.43. The van der Waals surface area contributed by atoms with Crippen LogP contribution >= 0.6 is 23.2 Å². The van der Waals surface area contributed by atoms with Crippen molar-refractivity contribution in [3.05, 3.63) is 57.2 Å². The number of carbonyl (C=O) groups is 1.